The standard InChI is InChI=1S/C21H17Cl2N3O2S/c1-12-5-3-4-6-17(12)26-20(28)18(10-13-7-8-15(22)16(23)9-13)29-21(26)14(11-24)19(27)25-2/h3-9,18H,10H2,1-2H3,(H,25,27)/b21-14-. The molecule has 5 nitrogen and oxygen atoms in total. The molecular weight excluding hydrogens is 429 g/mol. The molecule has 1 aliphatic heterocycles. The molecule has 1 heterocycles. The SMILES string of the molecule is CNC(=O)/C(C#N)=C1\SC(Cc2ccc(Cl)c(Cl)c2)C(=O)N1c1ccccc1C. The fourth-order valence-electron chi connectivity index (χ4n) is 3.03. The van der Waals surface area contributed by atoms with Crippen LogP contribution >= 0.6 is 35.0 Å². The first kappa shape index (κ1) is 21.3. The molecule has 0 radical (unpaired) electrons. The minimum absolute atomic E-state index is 0.0919. The number of nitrogens with zero attached hydrogens (tertiary/aromatic N) is 2. The smallest absolute Gasteiger partial charge is 0.264 e. The molecule has 1 atom stereocenters. The Labute approximate surface area is 183 Å². The normalized spacial score (nSPS) is 17.8. The first-order valence-corrected chi connectivity index (χ1v) is 10.4. The van der Waals surface area contributed by atoms with Gasteiger partial charge in [0.2, 0.25) is 5.91 Å². The van der Waals surface area contributed by atoms with Gasteiger partial charge in [0.25, 0.3) is 5.91 Å². The lowest BCUT2D eigenvalue weighted by Gasteiger charge is -2.20. The summed E-state index contributed by atoms with van der Waals surface area (Å²) >= 11 is 13.3. The minimum atomic E-state index is -0.531. The Hall–Kier alpha value is -2.46. The lowest BCUT2D eigenvalue weighted by Crippen LogP contribution is -2.31. The number of anilines is 1. The van der Waals surface area contributed by atoms with E-state index in [1.165, 1.54) is 23.7 Å². The summed E-state index contributed by atoms with van der Waals surface area (Å²) in [5, 5.41) is 12.7. The number of carbonyl (C=O) groups is 2. The molecule has 2 amide bonds. The van der Waals surface area contributed by atoms with E-state index in [0.717, 1.165) is 11.1 Å². The van der Waals surface area contributed by atoms with Crippen molar-refractivity contribution in [3.63, 3.8) is 0 Å². The van der Waals surface area contributed by atoms with E-state index in [2.05, 4.69) is 5.32 Å². The Morgan fingerprint density at radius 3 is 2.59 bits per heavy atom. The van der Waals surface area contributed by atoms with Gasteiger partial charge in [-0.1, -0.05) is 59.2 Å². The van der Waals surface area contributed by atoms with Crippen molar-refractivity contribution in [1.29, 1.82) is 5.26 Å². The van der Waals surface area contributed by atoms with Crippen LogP contribution in [0.15, 0.2) is 53.1 Å². The zero-order valence-electron chi connectivity index (χ0n) is 15.7. The first-order valence-electron chi connectivity index (χ1n) is 8.74. The van der Waals surface area contributed by atoms with Crippen molar-refractivity contribution >= 4 is 52.5 Å². The van der Waals surface area contributed by atoms with Gasteiger partial charge in [-0.05, 0) is 42.7 Å². The van der Waals surface area contributed by atoms with Crippen molar-refractivity contribution in [2.75, 3.05) is 11.9 Å². The molecule has 1 fully saturated rings. The van der Waals surface area contributed by atoms with Crippen LogP contribution < -0.4 is 10.2 Å². The summed E-state index contributed by atoms with van der Waals surface area (Å²) in [6.45, 7) is 1.88. The van der Waals surface area contributed by atoms with Crippen LogP contribution in [0.3, 0.4) is 0 Å². The molecule has 0 aromatic heterocycles. The van der Waals surface area contributed by atoms with Crippen molar-refractivity contribution in [2.24, 2.45) is 0 Å². The Morgan fingerprint density at radius 1 is 1.24 bits per heavy atom. The molecule has 1 saturated heterocycles. The van der Waals surface area contributed by atoms with Crippen LogP contribution in [0, 0.1) is 18.3 Å². The van der Waals surface area contributed by atoms with Crippen LogP contribution in [0.25, 0.3) is 0 Å². The molecule has 0 saturated carbocycles. The Bertz CT molecular complexity index is 1060. The largest absolute Gasteiger partial charge is 0.354 e. The quantitative estimate of drug-likeness (QED) is 0.556. The number of amides is 2. The lowest BCUT2D eigenvalue weighted by molar-refractivity contribution is -0.117. The Kier molecular flexibility index (Phi) is 6.53. The molecule has 2 aromatic rings. The highest BCUT2D eigenvalue weighted by Gasteiger charge is 2.41. The van der Waals surface area contributed by atoms with Crippen molar-refractivity contribution in [3.05, 3.63) is 74.2 Å². The number of rotatable bonds is 4. The van der Waals surface area contributed by atoms with Gasteiger partial charge in [0.15, 0.2) is 0 Å². The second kappa shape index (κ2) is 8.91. The molecule has 2 aromatic carbocycles. The molecular formula is C21H17Cl2N3O2S. The van der Waals surface area contributed by atoms with Gasteiger partial charge < -0.3 is 5.32 Å². The third kappa shape index (κ3) is 4.27. The van der Waals surface area contributed by atoms with Gasteiger partial charge in [-0.3, -0.25) is 14.5 Å². The van der Waals surface area contributed by atoms with E-state index in [-0.39, 0.29) is 11.5 Å². The minimum Gasteiger partial charge on any atom is -0.354 e. The molecule has 0 spiro atoms. The second-order valence-corrected chi connectivity index (χ2v) is 8.40. The van der Waals surface area contributed by atoms with Crippen LogP contribution in [0.2, 0.25) is 10.0 Å². The van der Waals surface area contributed by atoms with Gasteiger partial charge >= 0.3 is 0 Å². The molecule has 1 aliphatic rings. The van der Waals surface area contributed by atoms with E-state index < -0.39 is 11.2 Å². The summed E-state index contributed by atoms with van der Waals surface area (Å²) in [6, 6.07) is 14.5. The van der Waals surface area contributed by atoms with Crippen LogP contribution in [-0.4, -0.2) is 24.1 Å². The molecule has 1 unspecified atom stereocenters. The Balaban J connectivity index is 2.07. The molecule has 3 rings (SSSR count). The second-order valence-electron chi connectivity index (χ2n) is 6.39. The van der Waals surface area contributed by atoms with Gasteiger partial charge in [0, 0.05) is 7.05 Å². The van der Waals surface area contributed by atoms with Crippen LogP contribution in [-0.2, 0) is 16.0 Å². The van der Waals surface area contributed by atoms with Crippen LogP contribution in [0.4, 0.5) is 5.69 Å². The third-order valence-electron chi connectivity index (χ3n) is 4.49. The third-order valence-corrected chi connectivity index (χ3v) is 6.50. The number of para-hydroxylation sites is 1. The summed E-state index contributed by atoms with van der Waals surface area (Å²) in [5.74, 6) is -0.724. The fraction of sp³-hybridized carbons (Fsp3) is 0.190. The van der Waals surface area contributed by atoms with E-state index in [1.807, 2.05) is 37.3 Å². The monoisotopic (exact) mass is 445 g/mol. The summed E-state index contributed by atoms with van der Waals surface area (Å²) < 4.78 is 0. The number of nitrogens with one attached hydrogen (secondary N) is 1. The zero-order valence-corrected chi connectivity index (χ0v) is 18.0. The number of carbonyl (C=O) groups excluding carboxylic acids is 2. The number of thioether (sulfide) groups is 1. The van der Waals surface area contributed by atoms with Gasteiger partial charge in [0.05, 0.1) is 21.0 Å². The lowest BCUT2D eigenvalue weighted by atomic mass is 10.1. The van der Waals surface area contributed by atoms with E-state index in [9.17, 15) is 14.9 Å². The summed E-state index contributed by atoms with van der Waals surface area (Å²) in [7, 11) is 1.45. The molecule has 8 heteroatoms. The van der Waals surface area contributed by atoms with Crippen molar-refractivity contribution in [2.45, 2.75) is 18.6 Å². The highest BCUT2D eigenvalue weighted by molar-refractivity contribution is 8.05. The number of hydrogen-bond acceptors (Lipinski definition) is 4. The molecule has 0 aliphatic carbocycles. The number of halogens is 2. The maximum Gasteiger partial charge on any atom is 0.264 e. The predicted molar refractivity (Wildman–Crippen MR) is 117 cm³/mol. The van der Waals surface area contributed by atoms with Gasteiger partial charge in [-0.2, -0.15) is 5.26 Å². The molecule has 148 valence electrons. The average Bonchev–Trinajstić information content (AvgIpc) is 3.01. The Morgan fingerprint density at radius 2 is 1.97 bits per heavy atom. The number of benzene rings is 2. The number of aryl methyl sites for hydroxylation is 1. The van der Waals surface area contributed by atoms with E-state index in [4.69, 9.17) is 23.2 Å². The fourth-order valence-corrected chi connectivity index (χ4v) is 4.65. The predicted octanol–water partition coefficient (Wildman–Crippen LogP) is 4.47. The van der Waals surface area contributed by atoms with E-state index >= 15 is 0 Å². The van der Waals surface area contributed by atoms with Crippen molar-refractivity contribution in [3.8, 4) is 6.07 Å². The van der Waals surface area contributed by atoms with Crippen molar-refractivity contribution < 1.29 is 9.59 Å². The zero-order chi connectivity index (χ0) is 21.1. The first-order chi connectivity index (χ1) is 13.9. The number of hydrogen-bond donors (Lipinski definition) is 1. The summed E-state index contributed by atoms with van der Waals surface area (Å²) in [4.78, 5) is 27.1. The van der Waals surface area contributed by atoms with Crippen LogP contribution in [0.1, 0.15) is 11.1 Å². The van der Waals surface area contributed by atoms with E-state index in [1.54, 1.807) is 18.2 Å². The maximum absolute atomic E-state index is 13.3. The number of likely N-dealkylation sites (N-methyl/N-ethyl adjacent to an activating group) is 1. The van der Waals surface area contributed by atoms with Gasteiger partial charge in [0.1, 0.15) is 16.7 Å². The molecule has 0 bridgehead atoms. The maximum atomic E-state index is 13.3. The van der Waals surface area contributed by atoms with E-state index in [0.29, 0.717) is 27.2 Å². The summed E-state index contributed by atoms with van der Waals surface area (Å²) in [6.07, 6.45) is 0.388. The topological polar surface area (TPSA) is 73.2 Å². The molecule has 1 N–H and O–H groups in total. The molecule has 29 heavy (non-hydrogen) atoms. The summed E-state index contributed by atoms with van der Waals surface area (Å²) in [5.41, 5.74) is 2.26. The average molecular weight is 446 g/mol. The van der Waals surface area contributed by atoms with Gasteiger partial charge in [-0.25, -0.2) is 0 Å². The van der Waals surface area contributed by atoms with Gasteiger partial charge in [-0.15, -0.1) is 0 Å². The van der Waals surface area contributed by atoms with Crippen LogP contribution in [0.5, 0.6) is 0 Å². The highest BCUT2D eigenvalue weighted by Crippen LogP contribution is 2.43. The number of nitriles is 1. The highest BCUT2D eigenvalue weighted by atomic mass is 35.5. The van der Waals surface area contributed by atoms with Crippen molar-refractivity contribution in [1.82, 2.24) is 5.32 Å².